The summed E-state index contributed by atoms with van der Waals surface area (Å²) in [4.78, 5) is 0. The highest BCUT2D eigenvalue weighted by Gasteiger charge is 2.31. The third kappa shape index (κ3) is 8.15. The molecule has 22 heavy (non-hydrogen) atoms. The Morgan fingerprint density at radius 3 is 1.59 bits per heavy atom. The van der Waals surface area contributed by atoms with Crippen LogP contribution in [0, 0.1) is 29.6 Å². The van der Waals surface area contributed by atoms with Gasteiger partial charge in [-0.25, -0.2) is 4.39 Å². The van der Waals surface area contributed by atoms with Crippen molar-refractivity contribution >= 4 is 11.6 Å². The molecule has 0 saturated carbocycles. The average Bonchev–Trinajstić information content (AvgIpc) is 2.46. The predicted octanol–water partition coefficient (Wildman–Crippen LogP) is 6.07. The SMILES string of the molecule is CC(C)CCC(C)C(C)CCC(C)C(C)C(F)C(Cl)C(C)O. The molecule has 0 aliphatic carbocycles. The zero-order chi connectivity index (χ0) is 17.4. The number of alkyl halides is 2. The van der Waals surface area contributed by atoms with Crippen LogP contribution in [-0.4, -0.2) is 22.8 Å². The Morgan fingerprint density at radius 1 is 0.773 bits per heavy atom. The Labute approximate surface area is 143 Å². The Kier molecular flexibility index (Phi) is 11.0. The molecule has 134 valence electrons. The molecule has 0 aromatic carbocycles. The van der Waals surface area contributed by atoms with Crippen LogP contribution in [-0.2, 0) is 0 Å². The van der Waals surface area contributed by atoms with Gasteiger partial charge in [-0.15, -0.1) is 11.6 Å². The molecule has 0 spiro atoms. The van der Waals surface area contributed by atoms with E-state index in [4.69, 9.17) is 11.6 Å². The zero-order valence-electron chi connectivity index (χ0n) is 15.7. The summed E-state index contributed by atoms with van der Waals surface area (Å²) in [6.45, 7) is 14.8. The normalized spacial score (nSPS) is 22.0. The Morgan fingerprint density at radius 2 is 1.18 bits per heavy atom. The number of hydrogen-bond donors (Lipinski definition) is 1. The van der Waals surface area contributed by atoms with Gasteiger partial charge in [-0.2, -0.15) is 0 Å². The van der Waals surface area contributed by atoms with Crippen molar-refractivity contribution in [2.24, 2.45) is 29.6 Å². The highest BCUT2D eigenvalue weighted by atomic mass is 35.5. The first-order valence-electron chi connectivity index (χ1n) is 9.04. The van der Waals surface area contributed by atoms with Gasteiger partial charge in [0.2, 0.25) is 0 Å². The first kappa shape index (κ1) is 22.2. The minimum Gasteiger partial charge on any atom is -0.392 e. The van der Waals surface area contributed by atoms with Crippen molar-refractivity contribution in [3.05, 3.63) is 0 Å². The molecule has 0 bridgehead atoms. The molecule has 0 aliphatic heterocycles. The molecule has 1 N–H and O–H groups in total. The Balaban J connectivity index is 4.22. The van der Waals surface area contributed by atoms with Gasteiger partial charge in [0.05, 0.1) is 11.5 Å². The van der Waals surface area contributed by atoms with Crippen molar-refractivity contribution in [3.63, 3.8) is 0 Å². The fourth-order valence-electron chi connectivity index (χ4n) is 2.82. The van der Waals surface area contributed by atoms with E-state index in [2.05, 4.69) is 34.6 Å². The lowest BCUT2D eigenvalue weighted by Crippen LogP contribution is -2.35. The number of aliphatic hydroxyl groups is 1. The van der Waals surface area contributed by atoms with Crippen molar-refractivity contribution in [2.75, 3.05) is 0 Å². The van der Waals surface area contributed by atoms with Gasteiger partial charge in [0, 0.05) is 0 Å². The first-order valence-corrected chi connectivity index (χ1v) is 9.47. The van der Waals surface area contributed by atoms with E-state index < -0.39 is 17.7 Å². The van der Waals surface area contributed by atoms with Crippen molar-refractivity contribution < 1.29 is 9.50 Å². The van der Waals surface area contributed by atoms with E-state index in [1.807, 2.05) is 6.92 Å². The lowest BCUT2D eigenvalue weighted by atomic mass is 9.80. The highest BCUT2D eigenvalue weighted by Crippen LogP contribution is 2.31. The summed E-state index contributed by atoms with van der Waals surface area (Å²) in [5.74, 6) is 2.34. The molecule has 1 nitrogen and oxygen atoms in total. The Hall–Kier alpha value is 0.180. The minimum absolute atomic E-state index is 0.115. The van der Waals surface area contributed by atoms with E-state index in [0.717, 1.165) is 24.7 Å². The van der Waals surface area contributed by atoms with Crippen LogP contribution in [0.2, 0.25) is 0 Å². The van der Waals surface area contributed by atoms with E-state index in [0.29, 0.717) is 5.92 Å². The topological polar surface area (TPSA) is 20.2 Å². The first-order chi connectivity index (χ1) is 10.1. The van der Waals surface area contributed by atoms with Gasteiger partial charge in [-0.3, -0.25) is 0 Å². The molecule has 0 aromatic rings. The van der Waals surface area contributed by atoms with E-state index in [9.17, 15) is 9.50 Å². The summed E-state index contributed by atoms with van der Waals surface area (Å²) in [5, 5.41) is 8.64. The third-order valence-electron chi connectivity index (χ3n) is 5.41. The predicted molar refractivity (Wildman–Crippen MR) is 96.2 cm³/mol. The maximum absolute atomic E-state index is 14.3. The molecule has 0 amide bonds. The molecule has 0 saturated heterocycles. The molecule has 0 radical (unpaired) electrons. The van der Waals surface area contributed by atoms with E-state index >= 15 is 0 Å². The molecule has 7 atom stereocenters. The van der Waals surface area contributed by atoms with Crippen LogP contribution >= 0.6 is 11.6 Å². The standard InChI is InChI=1S/C19H38ClFO/c1-12(2)8-9-13(3)14(4)10-11-15(5)16(6)19(21)18(20)17(7)22/h12-19,22H,8-11H2,1-7H3. The molecular formula is C19H38ClFO. The van der Waals surface area contributed by atoms with Crippen molar-refractivity contribution in [1.82, 2.24) is 0 Å². The van der Waals surface area contributed by atoms with Gasteiger partial charge in [0.1, 0.15) is 6.17 Å². The number of rotatable bonds is 11. The second-order valence-corrected chi connectivity index (χ2v) is 8.47. The molecule has 0 rings (SSSR count). The summed E-state index contributed by atoms with van der Waals surface area (Å²) in [5.41, 5.74) is 0. The Bertz CT molecular complexity index is 283. The fraction of sp³-hybridized carbons (Fsp3) is 1.00. The summed E-state index contributed by atoms with van der Waals surface area (Å²) in [7, 11) is 0. The van der Waals surface area contributed by atoms with Crippen LogP contribution in [0.3, 0.4) is 0 Å². The van der Waals surface area contributed by atoms with Gasteiger partial charge in [-0.1, -0.05) is 67.2 Å². The molecule has 0 aromatic heterocycles. The van der Waals surface area contributed by atoms with Crippen LogP contribution < -0.4 is 0 Å². The number of aliphatic hydroxyl groups excluding tert-OH is 1. The van der Waals surface area contributed by atoms with Crippen LogP contribution in [0.1, 0.15) is 74.1 Å². The van der Waals surface area contributed by atoms with Crippen LogP contribution in [0.4, 0.5) is 4.39 Å². The third-order valence-corrected chi connectivity index (χ3v) is 6.02. The summed E-state index contributed by atoms with van der Waals surface area (Å²) in [6.07, 6.45) is 2.77. The second-order valence-electron chi connectivity index (χ2n) is 7.97. The smallest absolute Gasteiger partial charge is 0.122 e. The number of hydrogen-bond acceptors (Lipinski definition) is 1. The van der Waals surface area contributed by atoms with E-state index in [1.54, 1.807) is 6.92 Å². The maximum Gasteiger partial charge on any atom is 0.122 e. The summed E-state index contributed by atoms with van der Waals surface area (Å²) >= 11 is 5.96. The molecule has 0 aliphatic rings. The quantitative estimate of drug-likeness (QED) is 0.454. The molecule has 7 unspecified atom stereocenters. The van der Waals surface area contributed by atoms with Gasteiger partial charge in [0.25, 0.3) is 0 Å². The van der Waals surface area contributed by atoms with Crippen molar-refractivity contribution in [1.29, 1.82) is 0 Å². The second kappa shape index (κ2) is 10.9. The highest BCUT2D eigenvalue weighted by molar-refractivity contribution is 6.21. The molecular weight excluding hydrogens is 299 g/mol. The van der Waals surface area contributed by atoms with Crippen molar-refractivity contribution in [3.8, 4) is 0 Å². The minimum atomic E-state index is -1.15. The maximum atomic E-state index is 14.3. The fourth-order valence-corrected chi connectivity index (χ4v) is 3.05. The summed E-state index contributed by atoms with van der Waals surface area (Å²) in [6, 6.07) is 0. The molecule has 3 heteroatoms. The largest absolute Gasteiger partial charge is 0.392 e. The lowest BCUT2D eigenvalue weighted by molar-refractivity contribution is 0.100. The average molecular weight is 337 g/mol. The summed E-state index contributed by atoms with van der Waals surface area (Å²) < 4.78 is 14.3. The van der Waals surface area contributed by atoms with E-state index in [1.165, 1.54) is 12.8 Å². The molecule has 0 fully saturated rings. The number of halogens is 2. The van der Waals surface area contributed by atoms with Crippen LogP contribution in [0.5, 0.6) is 0 Å². The lowest BCUT2D eigenvalue weighted by Gasteiger charge is -2.29. The van der Waals surface area contributed by atoms with Gasteiger partial charge in [-0.05, 0) is 36.5 Å². The molecule has 0 heterocycles. The van der Waals surface area contributed by atoms with E-state index in [-0.39, 0.29) is 11.8 Å². The van der Waals surface area contributed by atoms with Crippen LogP contribution in [0.25, 0.3) is 0 Å². The monoisotopic (exact) mass is 336 g/mol. The van der Waals surface area contributed by atoms with Gasteiger partial charge < -0.3 is 5.11 Å². The van der Waals surface area contributed by atoms with Crippen LogP contribution in [0.15, 0.2) is 0 Å². The zero-order valence-corrected chi connectivity index (χ0v) is 16.4. The van der Waals surface area contributed by atoms with Gasteiger partial charge in [0.15, 0.2) is 0 Å². The van der Waals surface area contributed by atoms with Crippen molar-refractivity contribution in [2.45, 2.75) is 91.8 Å². The van der Waals surface area contributed by atoms with Gasteiger partial charge >= 0.3 is 0 Å².